The highest BCUT2D eigenvalue weighted by molar-refractivity contribution is 7.98. The first-order valence-corrected chi connectivity index (χ1v) is 6.98. The molecular weight excluding hydrogens is 295 g/mol. The van der Waals surface area contributed by atoms with E-state index in [1.54, 1.807) is 6.07 Å². The average molecular weight is 308 g/mol. The molecule has 7 heteroatoms. The van der Waals surface area contributed by atoms with Crippen LogP contribution in [0, 0.1) is 15.9 Å². The Morgan fingerprint density at radius 2 is 2.10 bits per heavy atom. The minimum Gasteiger partial charge on any atom is -0.496 e. The highest BCUT2D eigenvalue weighted by Gasteiger charge is 2.11. The minimum atomic E-state index is -0.479. The lowest BCUT2D eigenvalue weighted by Crippen LogP contribution is -1.94. The van der Waals surface area contributed by atoms with Gasteiger partial charge in [-0.1, -0.05) is 0 Å². The number of anilines is 1. The lowest BCUT2D eigenvalue weighted by molar-refractivity contribution is -0.385. The van der Waals surface area contributed by atoms with Crippen LogP contribution in [0.5, 0.6) is 5.75 Å². The predicted molar refractivity (Wildman–Crippen MR) is 80.0 cm³/mol. The Bertz CT molecular complexity index is 679. The van der Waals surface area contributed by atoms with Crippen molar-refractivity contribution in [1.82, 2.24) is 0 Å². The largest absolute Gasteiger partial charge is 0.496 e. The van der Waals surface area contributed by atoms with E-state index in [2.05, 4.69) is 0 Å². The fraction of sp³-hybridized carbons (Fsp3) is 0.143. The second-order valence-electron chi connectivity index (χ2n) is 4.27. The van der Waals surface area contributed by atoms with E-state index in [0.717, 1.165) is 0 Å². The molecule has 0 radical (unpaired) electrons. The van der Waals surface area contributed by atoms with Crippen molar-refractivity contribution in [2.45, 2.75) is 10.6 Å². The summed E-state index contributed by atoms with van der Waals surface area (Å²) >= 11 is 1.31. The van der Waals surface area contributed by atoms with Gasteiger partial charge in [-0.15, -0.1) is 11.8 Å². The summed E-state index contributed by atoms with van der Waals surface area (Å²) in [5.41, 5.74) is 6.90. The zero-order valence-corrected chi connectivity index (χ0v) is 12.0. The third kappa shape index (κ3) is 3.85. The molecule has 0 atom stereocenters. The van der Waals surface area contributed by atoms with Gasteiger partial charge in [0.05, 0.1) is 18.1 Å². The van der Waals surface area contributed by atoms with Crippen LogP contribution < -0.4 is 10.5 Å². The lowest BCUT2D eigenvalue weighted by Gasteiger charge is -2.07. The van der Waals surface area contributed by atoms with Crippen molar-refractivity contribution >= 4 is 23.1 Å². The van der Waals surface area contributed by atoms with Crippen LogP contribution in [0.15, 0.2) is 41.3 Å². The van der Waals surface area contributed by atoms with Crippen LogP contribution in [0.4, 0.5) is 15.8 Å². The van der Waals surface area contributed by atoms with E-state index in [4.69, 9.17) is 10.5 Å². The molecule has 21 heavy (non-hydrogen) atoms. The number of non-ortho nitro benzene ring substituents is 1. The first-order chi connectivity index (χ1) is 9.99. The van der Waals surface area contributed by atoms with E-state index >= 15 is 0 Å². The van der Waals surface area contributed by atoms with E-state index < -0.39 is 4.92 Å². The zero-order valence-electron chi connectivity index (χ0n) is 11.2. The second-order valence-corrected chi connectivity index (χ2v) is 5.28. The molecular formula is C14H13FN2O3S. The molecule has 0 saturated heterocycles. The third-order valence-electron chi connectivity index (χ3n) is 2.77. The topological polar surface area (TPSA) is 78.4 Å². The summed E-state index contributed by atoms with van der Waals surface area (Å²) in [6.07, 6.45) is 0. The van der Waals surface area contributed by atoms with Gasteiger partial charge in [-0.3, -0.25) is 10.1 Å². The minimum absolute atomic E-state index is 0.0443. The number of nitrogens with two attached hydrogens (primary N) is 1. The van der Waals surface area contributed by atoms with Crippen LogP contribution in [0.1, 0.15) is 5.56 Å². The Kier molecular flexibility index (Phi) is 4.64. The maximum Gasteiger partial charge on any atom is 0.273 e. The van der Waals surface area contributed by atoms with Crippen molar-refractivity contribution in [2.75, 3.05) is 12.8 Å². The predicted octanol–water partition coefficient (Wildman–Crippen LogP) is 3.62. The van der Waals surface area contributed by atoms with Crippen molar-refractivity contribution in [3.63, 3.8) is 0 Å². The van der Waals surface area contributed by atoms with Crippen LogP contribution in [-0.4, -0.2) is 12.0 Å². The van der Waals surface area contributed by atoms with Gasteiger partial charge in [0.1, 0.15) is 11.6 Å². The molecule has 0 bridgehead atoms. The summed E-state index contributed by atoms with van der Waals surface area (Å²) in [5, 5.41) is 10.9. The molecule has 110 valence electrons. The monoisotopic (exact) mass is 308 g/mol. The SMILES string of the molecule is COc1cc(CSc2cc(F)ccc2N)cc([N+](=O)[O-])c1. The molecule has 2 aromatic carbocycles. The summed E-state index contributed by atoms with van der Waals surface area (Å²) in [6.45, 7) is 0. The van der Waals surface area contributed by atoms with Crippen molar-refractivity contribution in [1.29, 1.82) is 0 Å². The zero-order chi connectivity index (χ0) is 15.4. The summed E-state index contributed by atoms with van der Waals surface area (Å²) in [6, 6.07) is 8.64. The molecule has 5 nitrogen and oxygen atoms in total. The van der Waals surface area contributed by atoms with Crippen molar-refractivity contribution in [3.05, 3.63) is 57.9 Å². The number of halogens is 1. The molecule has 2 rings (SSSR count). The molecule has 0 aliphatic rings. The number of methoxy groups -OCH3 is 1. The summed E-state index contributed by atoms with van der Waals surface area (Å²) in [4.78, 5) is 11.0. The molecule has 0 fully saturated rings. The van der Waals surface area contributed by atoms with Crippen LogP contribution in [0.25, 0.3) is 0 Å². The van der Waals surface area contributed by atoms with Gasteiger partial charge in [0.15, 0.2) is 0 Å². The van der Waals surface area contributed by atoms with Gasteiger partial charge >= 0.3 is 0 Å². The van der Waals surface area contributed by atoms with Gasteiger partial charge < -0.3 is 10.5 Å². The van der Waals surface area contributed by atoms with Crippen LogP contribution in [0.3, 0.4) is 0 Å². The first-order valence-electron chi connectivity index (χ1n) is 6.00. The van der Waals surface area contributed by atoms with E-state index in [1.807, 2.05) is 0 Å². The number of hydrogen-bond acceptors (Lipinski definition) is 5. The molecule has 2 aromatic rings. The normalized spacial score (nSPS) is 10.4. The summed E-state index contributed by atoms with van der Waals surface area (Å²) in [5.74, 6) is 0.460. The number of nitrogens with zero attached hydrogens (tertiary/aromatic N) is 1. The maximum absolute atomic E-state index is 13.2. The van der Waals surface area contributed by atoms with Gasteiger partial charge in [0, 0.05) is 22.4 Å². The number of nitro benzene ring substituents is 1. The molecule has 2 N–H and O–H groups in total. The van der Waals surface area contributed by atoms with Gasteiger partial charge in [-0.05, 0) is 29.8 Å². The van der Waals surface area contributed by atoms with E-state index in [1.165, 1.54) is 49.2 Å². The number of thioether (sulfide) groups is 1. The molecule has 0 spiro atoms. The quantitative estimate of drug-likeness (QED) is 0.395. The van der Waals surface area contributed by atoms with E-state index in [0.29, 0.717) is 27.6 Å². The lowest BCUT2D eigenvalue weighted by atomic mass is 10.2. The highest BCUT2D eigenvalue weighted by Crippen LogP contribution is 2.31. The Hall–Kier alpha value is -2.28. The summed E-state index contributed by atoms with van der Waals surface area (Å²) in [7, 11) is 1.44. The number of nitro groups is 1. The standard InChI is InChI=1S/C14H13FN2O3S/c1-20-12-5-9(4-11(7-12)17(18)19)8-21-14-6-10(15)2-3-13(14)16/h2-7H,8,16H2,1H3. The highest BCUT2D eigenvalue weighted by atomic mass is 32.2. The average Bonchev–Trinajstić information content (AvgIpc) is 2.47. The molecule has 0 amide bonds. The van der Waals surface area contributed by atoms with Gasteiger partial charge in [-0.2, -0.15) is 0 Å². The Labute approximate surface area is 125 Å². The van der Waals surface area contributed by atoms with Gasteiger partial charge in [0.25, 0.3) is 5.69 Å². The van der Waals surface area contributed by atoms with Crippen LogP contribution in [-0.2, 0) is 5.75 Å². The summed E-state index contributed by atoms with van der Waals surface area (Å²) < 4.78 is 18.2. The number of hydrogen-bond donors (Lipinski definition) is 1. The third-order valence-corrected chi connectivity index (χ3v) is 3.91. The first kappa shape index (κ1) is 15.1. The Balaban J connectivity index is 2.21. The van der Waals surface area contributed by atoms with Crippen LogP contribution in [0.2, 0.25) is 0 Å². The molecule has 0 aliphatic carbocycles. The molecule has 0 aromatic heterocycles. The molecule has 0 heterocycles. The van der Waals surface area contributed by atoms with Gasteiger partial charge in [-0.25, -0.2) is 4.39 Å². The van der Waals surface area contributed by atoms with Crippen molar-refractivity contribution in [2.24, 2.45) is 0 Å². The molecule has 0 saturated carbocycles. The molecule has 0 aliphatic heterocycles. The fourth-order valence-corrected chi connectivity index (χ4v) is 2.66. The van der Waals surface area contributed by atoms with E-state index in [-0.39, 0.29) is 11.5 Å². The van der Waals surface area contributed by atoms with Gasteiger partial charge in [0.2, 0.25) is 0 Å². The van der Waals surface area contributed by atoms with Crippen molar-refractivity contribution in [3.8, 4) is 5.75 Å². The number of benzene rings is 2. The molecule has 0 unspecified atom stereocenters. The van der Waals surface area contributed by atoms with E-state index in [9.17, 15) is 14.5 Å². The van der Waals surface area contributed by atoms with Crippen molar-refractivity contribution < 1.29 is 14.1 Å². The Morgan fingerprint density at radius 1 is 1.33 bits per heavy atom. The second kappa shape index (κ2) is 6.45. The maximum atomic E-state index is 13.2. The number of rotatable bonds is 5. The number of nitrogen functional groups attached to an aromatic ring is 1. The fourth-order valence-electron chi connectivity index (χ4n) is 1.74. The smallest absolute Gasteiger partial charge is 0.273 e. The Morgan fingerprint density at radius 3 is 2.76 bits per heavy atom. The van der Waals surface area contributed by atoms with Crippen LogP contribution >= 0.6 is 11.8 Å². The number of ether oxygens (including phenoxy) is 1.